The van der Waals surface area contributed by atoms with E-state index < -0.39 is 0 Å². The fraction of sp³-hybridized carbons (Fsp3) is 0.375. The Balaban J connectivity index is 1.49. The minimum absolute atomic E-state index is 0.0295. The van der Waals surface area contributed by atoms with Crippen LogP contribution in [0.5, 0.6) is 0 Å². The Labute approximate surface area is 187 Å². The molecule has 0 saturated heterocycles. The van der Waals surface area contributed by atoms with Gasteiger partial charge in [-0.05, 0) is 56.9 Å². The van der Waals surface area contributed by atoms with Gasteiger partial charge in [0, 0.05) is 19.5 Å². The molecule has 1 aromatic heterocycles. The van der Waals surface area contributed by atoms with E-state index in [2.05, 4.69) is 15.2 Å². The minimum atomic E-state index is -0.0634. The number of hydrogen-bond acceptors (Lipinski definition) is 4. The van der Waals surface area contributed by atoms with Gasteiger partial charge < -0.3 is 15.2 Å². The summed E-state index contributed by atoms with van der Waals surface area (Å²) in [7, 11) is 4.00. The molecule has 1 atom stereocenters. The Morgan fingerprint density at radius 1 is 1.06 bits per heavy atom. The Morgan fingerprint density at radius 3 is 2.52 bits per heavy atom. The molecule has 0 fully saturated rings. The zero-order valence-corrected chi connectivity index (χ0v) is 19.0. The van der Waals surface area contributed by atoms with E-state index in [9.17, 15) is 9.59 Å². The molecule has 7 heteroatoms. The predicted octanol–water partition coefficient (Wildman–Crippen LogP) is 4.04. The maximum atomic E-state index is 12.7. The summed E-state index contributed by atoms with van der Waals surface area (Å²) in [5.74, 6) is 0.0517. The van der Waals surface area contributed by atoms with Crippen LogP contribution in [0, 0.1) is 4.77 Å². The van der Waals surface area contributed by atoms with Gasteiger partial charge >= 0.3 is 0 Å². The van der Waals surface area contributed by atoms with Crippen LogP contribution in [0.4, 0.5) is 0 Å². The molecule has 3 aromatic rings. The van der Waals surface area contributed by atoms with Gasteiger partial charge in [0.15, 0.2) is 4.77 Å². The normalized spacial score (nSPS) is 12.2. The summed E-state index contributed by atoms with van der Waals surface area (Å²) in [6.45, 7) is 1.30. The largest absolute Gasteiger partial charge is 0.348 e. The van der Waals surface area contributed by atoms with Crippen molar-refractivity contribution in [1.82, 2.24) is 19.8 Å². The molecule has 0 saturated carbocycles. The number of benzene rings is 2. The van der Waals surface area contributed by atoms with Crippen molar-refractivity contribution in [3.8, 4) is 0 Å². The van der Waals surface area contributed by atoms with Crippen molar-refractivity contribution in [2.45, 2.75) is 38.3 Å². The van der Waals surface area contributed by atoms with Crippen LogP contribution in [-0.2, 0) is 11.3 Å². The number of amides is 1. The summed E-state index contributed by atoms with van der Waals surface area (Å²) in [5, 5.41) is 3.80. The molecule has 1 amide bonds. The molecule has 0 spiro atoms. The first-order valence-electron chi connectivity index (χ1n) is 10.7. The number of aromatic amines is 1. The number of aromatic nitrogens is 2. The van der Waals surface area contributed by atoms with Crippen molar-refractivity contribution in [3.63, 3.8) is 0 Å². The van der Waals surface area contributed by atoms with Crippen molar-refractivity contribution < 1.29 is 4.79 Å². The molecule has 0 aliphatic heterocycles. The fourth-order valence-electron chi connectivity index (χ4n) is 3.69. The Morgan fingerprint density at radius 2 is 1.77 bits per heavy atom. The van der Waals surface area contributed by atoms with Gasteiger partial charge in [0.2, 0.25) is 5.91 Å². The second-order valence-electron chi connectivity index (χ2n) is 8.04. The smallest absolute Gasteiger partial charge is 0.262 e. The molecular weight excluding hydrogens is 408 g/mol. The van der Waals surface area contributed by atoms with E-state index in [1.807, 2.05) is 62.6 Å². The first-order chi connectivity index (χ1) is 15.0. The van der Waals surface area contributed by atoms with E-state index in [0.29, 0.717) is 23.1 Å². The number of unbranched alkanes of at least 4 members (excludes halogenated alkanes) is 2. The first-order valence-corrected chi connectivity index (χ1v) is 11.1. The highest BCUT2D eigenvalue weighted by Gasteiger charge is 2.15. The van der Waals surface area contributed by atoms with Crippen molar-refractivity contribution in [2.75, 3.05) is 20.6 Å². The first kappa shape index (κ1) is 22.9. The maximum absolute atomic E-state index is 12.7. The standard InChI is InChI=1S/C24H30N4O2S/c1-27(2)17-21(18-11-5-3-6-12-18)25-22(29)15-7-4-10-16-28-23(30)19-13-8-9-14-20(19)26-24(28)31/h3,5-6,8-9,11-14,21H,4,7,10,15-17H2,1-2H3,(H,25,29)(H,26,31). The van der Waals surface area contributed by atoms with E-state index >= 15 is 0 Å². The number of fused-ring (bicyclic) bond motifs is 1. The van der Waals surface area contributed by atoms with Gasteiger partial charge in [-0.15, -0.1) is 0 Å². The summed E-state index contributed by atoms with van der Waals surface area (Å²) in [5.41, 5.74) is 1.80. The minimum Gasteiger partial charge on any atom is -0.348 e. The van der Waals surface area contributed by atoms with Crippen LogP contribution in [0.2, 0.25) is 0 Å². The second kappa shape index (κ2) is 11.0. The third-order valence-corrected chi connectivity index (χ3v) is 5.58. The van der Waals surface area contributed by atoms with E-state index in [4.69, 9.17) is 12.2 Å². The number of hydrogen-bond donors (Lipinski definition) is 2. The number of likely N-dealkylation sites (N-methyl/N-ethyl adjacent to an activating group) is 1. The van der Waals surface area contributed by atoms with Crippen LogP contribution in [0.1, 0.15) is 37.3 Å². The highest BCUT2D eigenvalue weighted by Crippen LogP contribution is 2.14. The highest BCUT2D eigenvalue weighted by atomic mass is 32.1. The molecule has 3 rings (SSSR count). The number of rotatable bonds is 10. The lowest BCUT2D eigenvalue weighted by Gasteiger charge is -2.23. The van der Waals surface area contributed by atoms with Gasteiger partial charge in [0.1, 0.15) is 0 Å². The third kappa shape index (κ3) is 6.35. The van der Waals surface area contributed by atoms with Crippen molar-refractivity contribution in [2.24, 2.45) is 0 Å². The number of carbonyl (C=O) groups is 1. The van der Waals surface area contributed by atoms with Crippen molar-refractivity contribution in [1.29, 1.82) is 0 Å². The van der Waals surface area contributed by atoms with Gasteiger partial charge in [-0.2, -0.15) is 0 Å². The molecule has 2 N–H and O–H groups in total. The van der Waals surface area contributed by atoms with E-state index in [0.717, 1.165) is 36.9 Å². The lowest BCUT2D eigenvalue weighted by Crippen LogP contribution is -2.35. The zero-order valence-electron chi connectivity index (χ0n) is 18.1. The molecule has 6 nitrogen and oxygen atoms in total. The van der Waals surface area contributed by atoms with E-state index in [1.165, 1.54) is 0 Å². The molecule has 0 aliphatic rings. The van der Waals surface area contributed by atoms with Gasteiger partial charge in [0.05, 0.1) is 16.9 Å². The number of H-pyrrole nitrogens is 1. The average molecular weight is 439 g/mol. The van der Waals surface area contributed by atoms with Crippen molar-refractivity contribution >= 4 is 29.0 Å². The molecule has 0 aliphatic carbocycles. The maximum Gasteiger partial charge on any atom is 0.262 e. The van der Waals surface area contributed by atoms with Crippen LogP contribution < -0.4 is 10.9 Å². The Kier molecular flexibility index (Phi) is 8.14. The molecule has 1 unspecified atom stereocenters. The highest BCUT2D eigenvalue weighted by molar-refractivity contribution is 7.71. The molecule has 164 valence electrons. The number of nitrogens with zero attached hydrogens (tertiary/aromatic N) is 2. The number of nitrogens with one attached hydrogen (secondary N) is 2. The van der Waals surface area contributed by atoms with Gasteiger partial charge in [-0.1, -0.05) is 48.9 Å². The van der Waals surface area contributed by atoms with Crippen LogP contribution in [0.15, 0.2) is 59.4 Å². The van der Waals surface area contributed by atoms with Crippen molar-refractivity contribution in [3.05, 3.63) is 75.3 Å². The Bertz CT molecular complexity index is 1120. The monoisotopic (exact) mass is 438 g/mol. The summed E-state index contributed by atoms with van der Waals surface area (Å²) in [6.07, 6.45) is 2.89. The third-order valence-electron chi connectivity index (χ3n) is 5.26. The lowest BCUT2D eigenvalue weighted by molar-refractivity contribution is -0.122. The van der Waals surface area contributed by atoms with E-state index in [1.54, 1.807) is 10.6 Å². The molecular formula is C24H30N4O2S. The molecule has 2 aromatic carbocycles. The quantitative estimate of drug-likeness (QED) is 0.370. The van der Waals surface area contributed by atoms with E-state index in [-0.39, 0.29) is 17.5 Å². The SMILES string of the molecule is CN(C)CC(NC(=O)CCCCCn1c(=S)[nH]c2ccccc2c1=O)c1ccccc1. The van der Waals surface area contributed by atoms with Gasteiger partial charge in [-0.3, -0.25) is 14.2 Å². The topological polar surface area (TPSA) is 70.1 Å². The Hall–Kier alpha value is -2.77. The van der Waals surface area contributed by atoms with Gasteiger partial charge in [0.25, 0.3) is 5.56 Å². The summed E-state index contributed by atoms with van der Waals surface area (Å²) >= 11 is 5.35. The average Bonchev–Trinajstić information content (AvgIpc) is 2.75. The summed E-state index contributed by atoms with van der Waals surface area (Å²) in [4.78, 5) is 30.4. The van der Waals surface area contributed by atoms with Crippen LogP contribution in [0.3, 0.4) is 0 Å². The van der Waals surface area contributed by atoms with Crippen LogP contribution in [0.25, 0.3) is 10.9 Å². The molecule has 0 bridgehead atoms. The molecule has 31 heavy (non-hydrogen) atoms. The summed E-state index contributed by atoms with van der Waals surface area (Å²) in [6, 6.07) is 17.4. The lowest BCUT2D eigenvalue weighted by atomic mass is 10.1. The van der Waals surface area contributed by atoms with Crippen LogP contribution in [-0.4, -0.2) is 41.0 Å². The molecule has 1 heterocycles. The van der Waals surface area contributed by atoms with Crippen LogP contribution >= 0.6 is 12.2 Å². The predicted molar refractivity (Wildman–Crippen MR) is 128 cm³/mol. The zero-order chi connectivity index (χ0) is 22.2. The van der Waals surface area contributed by atoms with Gasteiger partial charge in [-0.25, -0.2) is 0 Å². The number of carbonyl (C=O) groups excluding carboxylic acids is 1. The summed E-state index contributed by atoms with van der Waals surface area (Å²) < 4.78 is 2.05. The fourth-order valence-corrected chi connectivity index (χ4v) is 3.97. The number of para-hydroxylation sites is 1. The molecule has 0 radical (unpaired) electrons. The second-order valence-corrected chi connectivity index (χ2v) is 8.42.